The summed E-state index contributed by atoms with van der Waals surface area (Å²) < 4.78 is 27.9. The minimum absolute atomic E-state index is 0.108. The van der Waals surface area contributed by atoms with E-state index >= 15 is 0 Å². The second-order valence-electron chi connectivity index (χ2n) is 6.69. The molecule has 2 aromatic heterocycles. The van der Waals surface area contributed by atoms with Gasteiger partial charge in [-0.3, -0.25) is 4.57 Å². The van der Waals surface area contributed by atoms with Gasteiger partial charge in [0.15, 0.2) is 11.5 Å². The lowest BCUT2D eigenvalue weighted by atomic mass is 10.4. The molecule has 1 unspecified atom stereocenters. The molecule has 0 saturated carbocycles. The number of hydrogen-bond acceptors (Lipinski definition) is 9. The third-order valence-electron chi connectivity index (χ3n) is 4.30. The topological polar surface area (TPSA) is 183 Å². The van der Waals surface area contributed by atoms with Gasteiger partial charge < -0.3 is 29.8 Å². The van der Waals surface area contributed by atoms with Gasteiger partial charge in [0.1, 0.15) is 18.2 Å². The molecule has 0 bridgehead atoms. The van der Waals surface area contributed by atoms with Crippen molar-refractivity contribution in [1.82, 2.24) is 24.2 Å². The van der Waals surface area contributed by atoms with Crippen LogP contribution in [0, 0.1) is 0 Å². The van der Waals surface area contributed by atoms with Gasteiger partial charge in [0.05, 0.1) is 19.5 Å². The van der Waals surface area contributed by atoms with Crippen LogP contribution in [0.15, 0.2) is 24.8 Å². The summed E-state index contributed by atoms with van der Waals surface area (Å²) in [5, 5.41) is 15.6. The van der Waals surface area contributed by atoms with Crippen LogP contribution in [0.2, 0.25) is 0 Å². The van der Waals surface area contributed by atoms with E-state index in [0.717, 1.165) is 25.9 Å². The molecule has 1 aliphatic heterocycles. The van der Waals surface area contributed by atoms with E-state index in [9.17, 15) is 14.2 Å². The zero-order chi connectivity index (χ0) is 23.6. The van der Waals surface area contributed by atoms with Gasteiger partial charge in [-0.05, 0) is 12.8 Å². The lowest BCUT2D eigenvalue weighted by Crippen LogP contribution is -2.31. The summed E-state index contributed by atoms with van der Waals surface area (Å²) >= 11 is 0. The van der Waals surface area contributed by atoms with E-state index in [1.54, 1.807) is 6.33 Å². The Morgan fingerprint density at radius 2 is 1.97 bits per heavy atom. The second kappa shape index (κ2) is 12.2. The quantitative estimate of drug-likeness (QED) is 0.272. The first-order chi connectivity index (χ1) is 15.3. The van der Waals surface area contributed by atoms with Crippen LogP contribution in [-0.4, -0.2) is 79.0 Å². The first-order valence-corrected chi connectivity index (χ1v) is 11.6. The molecule has 14 heteroatoms. The van der Waals surface area contributed by atoms with Gasteiger partial charge in [-0.1, -0.05) is 6.92 Å². The second-order valence-corrected chi connectivity index (χ2v) is 9.05. The van der Waals surface area contributed by atoms with Crippen molar-refractivity contribution in [3.63, 3.8) is 0 Å². The molecule has 2 aromatic rings. The van der Waals surface area contributed by atoms with Crippen LogP contribution in [0.4, 0.5) is 5.82 Å². The number of aromatic nitrogens is 4. The maximum Gasteiger partial charge on any atom is 0.328 e. The van der Waals surface area contributed by atoms with Crippen LogP contribution in [0.1, 0.15) is 19.8 Å². The number of ether oxygens (including phenoxy) is 1. The number of nitrogen functional groups attached to an aromatic ring is 1. The number of nitrogens with two attached hydrogens (primary N) is 1. The van der Waals surface area contributed by atoms with Crippen molar-refractivity contribution < 1.29 is 33.6 Å². The van der Waals surface area contributed by atoms with Crippen molar-refractivity contribution in [2.24, 2.45) is 0 Å². The maximum absolute atomic E-state index is 12.9. The SMILES string of the molecule is CCCN1CCCOP1(=O)COCCn1cnc2c(N)ncnc21.O=C(O)/C=C/C(=O)O. The van der Waals surface area contributed by atoms with E-state index in [1.165, 1.54) is 6.33 Å². The first-order valence-electron chi connectivity index (χ1n) is 9.89. The van der Waals surface area contributed by atoms with E-state index in [2.05, 4.69) is 21.9 Å². The normalized spacial score (nSPS) is 19.0. The van der Waals surface area contributed by atoms with Crippen molar-refractivity contribution in [3.05, 3.63) is 24.8 Å². The molecule has 1 saturated heterocycles. The number of carboxylic acids is 2. The molecule has 1 aliphatic rings. The Hall–Kier alpha value is -2.86. The zero-order valence-corrected chi connectivity index (χ0v) is 18.6. The Morgan fingerprint density at radius 1 is 1.25 bits per heavy atom. The van der Waals surface area contributed by atoms with Gasteiger partial charge in [0.2, 0.25) is 0 Å². The summed E-state index contributed by atoms with van der Waals surface area (Å²) in [6, 6.07) is 0. The highest BCUT2D eigenvalue weighted by atomic mass is 31.2. The van der Waals surface area contributed by atoms with Crippen molar-refractivity contribution in [3.8, 4) is 0 Å². The van der Waals surface area contributed by atoms with Gasteiger partial charge >= 0.3 is 11.9 Å². The highest BCUT2D eigenvalue weighted by molar-refractivity contribution is 7.56. The number of nitrogens with zero attached hydrogens (tertiary/aromatic N) is 5. The Kier molecular flexibility index (Phi) is 9.72. The summed E-state index contributed by atoms with van der Waals surface area (Å²) in [4.78, 5) is 31.4. The molecule has 0 radical (unpaired) electrons. The smallest absolute Gasteiger partial charge is 0.328 e. The highest BCUT2D eigenvalue weighted by Gasteiger charge is 2.34. The number of carbonyl (C=O) groups is 2. The molecule has 4 N–H and O–H groups in total. The predicted octanol–water partition coefficient (Wildman–Crippen LogP) is 1.42. The minimum Gasteiger partial charge on any atom is -0.478 e. The molecule has 32 heavy (non-hydrogen) atoms. The number of rotatable bonds is 9. The van der Waals surface area contributed by atoms with E-state index in [1.807, 2.05) is 9.24 Å². The summed E-state index contributed by atoms with van der Waals surface area (Å²) in [6.45, 7) is 5.10. The third kappa shape index (κ3) is 7.38. The molecule has 3 rings (SSSR count). The zero-order valence-electron chi connectivity index (χ0n) is 17.7. The van der Waals surface area contributed by atoms with E-state index in [4.69, 9.17) is 25.2 Å². The molecule has 13 nitrogen and oxygen atoms in total. The fourth-order valence-electron chi connectivity index (χ4n) is 2.88. The molecular weight excluding hydrogens is 443 g/mol. The number of anilines is 1. The van der Waals surface area contributed by atoms with Gasteiger partial charge in [0.25, 0.3) is 7.52 Å². The van der Waals surface area contributed by atoms with Gasteiger partial charge in [-0.15, -0.1) is 0 Å². The lowest BCUT2D eigenvalue weighted by molar-refractivity contribution is -0.134. The average Bonchev–Trinajstić information content (AvgIpc) is 3.17. The minimum atomic E-state index is -2.86. The summed E-state index contributed by atoms with van der Waals surface area (Å²) in [6.07, 6.45) is 6.14. The van der Waals surface area contributed by atoms with Crippen molar-refractivity contribution in [2.45, 2.75) is 26.3 Å². The Bertz CT molecular complexity index is 977. The van der Waals surface area contributed by atoms with Crippen LogP contribution in [0.25, 0.3) is 11.2 Å². The van der Waals surface area contributed by atoms with Crippen molar-refractivity contribution in [2.75, 3.05) is 38.4 Å². The Labute approximate surface area is 184 Å². The molecule has 1 atom stereocenters. The number of fused-ring (bicyclic) bond motifs is 1. The summed E-state index contributed by atoms with van der Waals surface area (Å²) in [5.74, 6) is -2.16. The Balaban J connectivity index is 0.000000390. The van der Waals surface area contributed by atoms with E-state index in [0.29, 0.717) is 48.9 Å². The molecule has 1 fully saturated rings. The largest absolute Gasteiger partial charge is 0.478 e. The fraction of sp³-hybridized carbons (Fsp3) is 0.500. The predicted molar refractivity (Wildman–Crippen MR) is 115 cm³/mol. The first kappa shape index (κ1) is 25.4. The average molecular weight is 470 g/mol. The van der Waals surface area contributed by atoms with E-state index in [-0.39, 0.29) is 6.35 Å². The molecule has 0 spiro atoms. The van der Waals surface area contributed by atoms with Gasteiger partial charge in [0, 0.05) is 31.8 Å². The molecule has 3 heterocycles. The number of hydrogen-bond donors (Lipinski definition) is 3. The third-order valence-corrected chi connectivity index (χ3v) is 6.65. The van der Waals surface area contributed by atoms with Crippen LogP contribution in [0.5, 0.6) is 0 Å². The van der Waals surface area contributed by atoms with E-state index < -0.39 is 19.5 Å². The van der Waals surface area contributed by atoms with Crippen LogP contribution in [0.3, 0.4) is 0 Å². The highest BCUT2D eigenvalue weighted by Crippen LogP contribution is 2.53. The molecule has 0 aromatic carbocycles. The van der Waals surface area contributed by atoms with Gasteiger partial charge in [-0.2, -0.15) is 0 Å². The molecular formula is C18H27N6O7P. The molecule has 0 aliphatic carbocycles. The molecule has 0 amide bonds. The van der Waals surface area contributed by atoms with Crippen LogP contribution >= 0.6 is 7.52 Å². The molecule has 176 valence electrons. The van der Waals surface area contributed by atoms with Crippen LogP contribution in [-0.2, 0) is 30.0 Å². The van der Waals surface area contributed by atoms with Crippen molar-refractivity contribution >= 4 is 36.4 Å². The maximum atomic E-state index is 12.9. The standard InChI is InChI=1S/C14H23N6O3P.C4H4O4/c1-2-4-20-5-3-7-23-24(20,21)11-22-8-6-19-10-18-12-13(15)16-9-17-14(12)19;5-3(6)1-2-4(7)8/h9-10H,2-8,11H2,1H3,(H2,15,16,17);1-2H,(H,5,6)(H,7,8)/b;2-1+. The van der Waals surface area contributed by atoms with Crippen LogP contribution < -0.4 is 5.73 Å². The number of imidazole rings is 1. The van der Waals surface area contributed by atoms with Crippen molar-refractivity contribution in [1.29, 1.82) is 0 Å². The monoisotopic (exact) mass is 470 g/mol. The summed E-state index contributed by atoms with van der Waals surface area (Å²) in [7, 11) is -2.86. The fourth-order valence-corrected chi connectivity index (χ4v) is 5.00. The lowest BCUT2D eigenvalue weighted by Gasteiger charge is -2.34. The number of aliphatic carboxylic acids is 2. The number of carboxylic acid groups (broad SMARTS) is 2. The summed E-state index contributed by atoms with van der Waals surface area (Å²) in [5.41, 5.74) is 7.01. The Morgan fingerprint density at radius 3 is 2.62 bits per heavy atom. The van der Waals surface area contributed by atoms with Gasteiger partial charge in [-0.25, -0.2) is 29.2 Å².